The Balaban J connectivity index is 1.67. The van der Waals surface area contributed by atoms with Gasteiger partial charge >= 0.3 is 0 Å². The molecular weight excluding hydrogens is 354 g/mol. The van der Waals surface area contributed by atoms with E-state index in [0.717, 1.165) is 47.9 Å². The molecule has 2 atom stereocenters. The highest BCUT2D eigenvalue weighted by atomic mass is 16.6. The van der Waals surface area contributed by atoms with E-state index < -0.39 is 0 Å². The second-order valence-electron chi connectivity index (χ2n) is 7.35. The van der Waals surface area contributed by atoms with Crippen molar-refractivity contribution >= 4 is 11.9 Å². The molecule has 3 heterocycles. The Bertz CT molecular complexity index is 917. The van der Waals surface area contributed by atoms with Gasteiger partial charge in [0.25, 0.3) is 0 Å². The van der Waals surface area contributed by atoms with Crippen molar-refractivity contribution in [2.24, 2.45) is 10.9 Å². The van der Waals surface area contributed by atoms with Crippen molar-refractivity contribution in [1.29, 1.82) is 0 Å². The van der Waals surface area contributed by atoms with Crippen LogP contribution in [-0.2, 0) is 4.84 Å². The Morgan fingerprint density at radius 1 is 1.39 bits per heavy atom. The number of aryl methyl sites for hydroxylation is 1. The summed E-state index contributed by atoms with van der Waals surface area (Å²) in [6, 6.07) is 6.35. The standard InChI is InChI=1S/C21H27N5O2/c1-14-12-25(13-23-14)18-7-6-16(10-20(18)27-3)9-17-5-4-8-26-19(11-22)15(2)28-24-21(17)26/h6-7,9-10,12-13,15,19H,4-5,8,11,22H2,1-3H3/b17-9+. The Morgan fingerprint density at radius 3 is 2.96 bits per heavy atom. The molecule has 7 heteroatoms. The second kappa shape index (κ2) is 7.67. The molecule has 148 valence electrons. The fourth-order valence-electron chi connectivity index (χ4n) is 3.94. The highest BCUT2D eigenvalue weighted by Gasteiger charge is 2.35. The van der Waals surface area contributed by atoms with Gasteiger partial charge in [0, 0.05) is 19.3 Å². The summed E-state index contributed by atoms with van der Waals surface area (Å²) in [5.41, 5.74) is 10.2. The number of piperidine rings is 1. The minimum atomic E-state index is 0.00566. The van der Waals surface area contributed by atoms with E-state index in [1.807, 2.05) is 30.7 Å². The number of nitrogens with two attached hydrogens (primary N) is 1. The molecule has 2 aliphatic rings. The van der Waals surface area contributed by atoms with Crippen LogP contribution in [0.5, 0.6) is 5.75 Å². The number of benzene rings is 1. The molecule has 2 aromatic rings. The maximum Gasteiger partial charge on any atom is 0.171 e. The Kier molecular flexibility index (Phi) is 5.09. The lowest BCUT2D eigenvalue weighted by molar-refractivity contribution is -0.00518. The lowest BCUT2D eigenvalue weighted by Crippen LogP contribution is -2.55. The van der Waals surface area contributed by atoms with Gasteiger partial charge in [0.1, 0.15) is 11.9 Å². The van der Waals surface area contributed by atoms with Gasteiger partial charge in [-0.3, -0.25) is 0 Å². The molecule has 1 aromatic carbocycles. The van der Waals surface area contributed by atoms with Gasteiger partial charge < -0.3 is 24.8 Å². The average molecular weight is 381 g/mol. The highest BCUT2D eigenvalue weighted by molar-refractivity contribution is 6.03. The highest BCUT2D eigenvalue weighted by Crippen LogP contribution is 2.30. The molecule has 2 N–H and O–H groups in total. The zero-order valence-corrected chi connectivity index (χ0v) is 16.6. The molecule has 2 unspecified atom stereocenters. The number of hydrogen-bond donors (Lipinski definition) is 1. The van der Waals surface area contributed by atoms with E-state index in [0.29, 0.717) is 6.54 Å². The van der Waals surface area contributed by atoms with E-state index in [9.17, 15) is 0 Å². The molecular formula is C21H27N5O2. The zero-order chi connectivity index (χ0) is 19.7. The Morgan fingerprint density at radius 2 is 2.25 bits per heavy atom. The minimum absolute atomic E-state index is 0.00566. The van der Waals surface area contributed by atoms with Crippen LogP contribution >= 0.6 is 0 Å². The van der Waals surface area contributed by atoms with E-state index in [-0.39, 0.29) is 12.1 Å². The second-order valence-corrected chi connectivity index (χ2v) is 7.35. The lowest BCUT2D eigenvalue weighted by Gasteiger charge is -2.42. The van der Waals surface area contributed by atoms with Crippen molar-refractivity contribution in [3.63, 3.8) is 0 Å². The van der Waals surface area contributed by atoms with Crippen LogP contribution in [0.15, 0.2) is 41.5 Å². The molecule has 0 aliphatic carbocycles. The number of hydrogen-bond acceptors (Lipinski definition) is 6. The monoisotopic (exact) mass is 381 g/mol. The number of imidazole rings is 1. The maximum absolute atomic E-state index is 5.99. The Hall–Kier alpha value is -2.80. The van der Waals surface area contributed by atoms with E-state index in [2.05, 4.69) is 33.2 Å². The first-order valence-electron chi connectivity index (χ1n) is 9.71. The third kappa shape index (κ3) is 3.38. The van der Waals surface area contributed by atoms with Gasteiger partial charge in [0.2, 0.25) is 0 Å². The van der Waals surface area contributed by atoms with Crippen molar-refractivity contribution in [3.05, 3.63) is 47.6 Å². The molecule has 2 aliphatic heterocycles. The molecule has 0 spiro atoms. The summed E-state index contributed by atoms with van der Waals surface area (Å²) in [5.74, 6) is 1.71. The summed E-state index contributed by atoms with van der Waals surface area (Å²) in [6.45, 7) is 5.52. The van der Waals surface area contributed by atoms with E-state index >= 15 is 0 Å². The van der Waals surface area contributed by atoms with Crippen molar-refractivity contribution in [2.75, 3.05) is 20.2 Å². The zero-order valence-electron chi connectivity index (χ0n) is 16.6. The summed E-state index contributed by atoms with van der Waals surface area (Å²) in [7, 11) is 1.69. The van der Waals surface area contributed by atoms with Gasteiger partial charge in [-0.05, 0) is 56.0 Å². The van der Waals surface area contributed by atoms with Crippen molar-refractivity contribution in [3.8, 4) is 11.4 Å². The number of ether oxygens (including phenoxy) is 1. The van der Waals surface area contributed by atoms with Gasteiger partial charge in [-0.25, -0.2) is 4.98 Å². The summed E-state index contributed by atoms with van der Waals surface area (Å²) < 4.78 is 7.61. The minimum Gasteiger partial charge on any atom is -0.495 e. The van der Waals surface area contributed by atoms with Gasteiger partial charge in [-0.1, -0.05) is 11.2 Å². The fourth-order valence-corrected chi connectivity index (χ4v) is 3.94. The number of amidine groups is 1. The summed E-state index contributed by atoms with van der Waals surface area (Å²) in [4.78, 5) is 12.2. The van der Waals surface area contributed by atoms with Crippen molar-refractivity contribution < 1.29 is 9.57 Å². The van der Waals surface area contributed by atoms with Gasteiger partial charge in [-0.2, -0.15) is 0 Å². The van der Waals surface area contributed by atoms with Crippen LogP contribution in [0.4, 0.5) is 0 Å². The van der Waals surface area contributed by atoms with E-state index in [1.54, 1.807) is 13.4 Å². The summed E-state index contributed by atoms with van der Waals surface area (Å²) in [6.07, 6.45) is 8.01. The van der Waals surface area contributed by atoms with Crippen LogP contribution in [0.3, 0.4) is 0 Å². The molecule has 0 bridgehead atoms. The summed E-state index contributed by atoms with van der Waals surface area (Å²) in [5, 5.41) is 4.39. The van der Waals surface area contributed by atoms with Gasteiger partial charge in [-0.15, -0.1) is 0 Å². The van der Waals surface area contributed by atoms with Crippen LogP contribution in [0.1, 0.15) is 31.0 Å². The SMILES string of the molecule is COc1cc(/C=C2\CCCN3C2=NOC(C)C3CN)ccc1-n1cnc(C)c1. The first-order chi connectivity index (χ1) is 13.6. The van der Waals surface area contributed by atoms with Crippen LogP contribution < -0.4 is 10.5 Å². The molecule has 1 fully saturated rings. The van der Waals surface area contributed by atoms with E-state index in [4.69, 9.17) is 15.3 Å². The first kappa shape index (κ1) is 18.6. The molecule has 1 aromatic heterocycles. The third-order valence-electron chi connectivity index (χ3n) is 5.43. The molecule has 7 nitrogen and oxygen atoms in total. The third-order valence-corrected chi connectivity index (χ3v) is 5.43. The average Bonchev–Trinajstić information content (AvgIpc) is 3.14. The molecule has 0 saturated carbocycles. The van der Waals surface area contributed by atoms with Crippen LogP contribution in [0.2, 0.25) is 0 Å². The lowest BCUT2D eigenvalue weighted by atomic mass is 9.97. The topological polar surface area (TPSA) is 77.9 Å². The molecule has 4 rings (SSSR count). The summed E-state index contributed by atoms with van der Waals surface area (Å²) >= 11 is 0. The largest absolute Gasteiger partial charge is 0.495 e. The number of rotatable bonds is 4. The quantitative estimate of drug-likeness (QED) is 0.881. The van der Waals surface area contributed by atoms with E-state index in [1.165, 1.54) is 5.57 Å². The number of aromatic nitrogens is 2. The fraction of sp³-hybridized carbons (Fsp3) is 0.429. The number of methoxy groups -OCH3 is 1. The first-order valence-corrected chi connectivity index (χ1v) is 9.71. The van der Waals surface area contributed by atoms with Crippen molar-refractivity contribution in [1.82, 2.24) is 14.5 Å². The molecule has 1 saturated heterocycles. The normalized spacial score (nSPS) is 23.2. The Labute approximate surface area is 165 Å². The predicted molar refractivity (Wildman–Crippen MR) is 110 cm³/mol. The number of oxime groups is 1. The van der Waals surface area contributed by atoms with Crippen LogP contribution in [0.25, 0.3) is 11.8 Å². The molecule has 0 radical (unpaired) electrons. The molecule has 28 heavy (non-hydrogen) atoms. The predicted octanol–water partition coefficient (Wildman–Crippen LogP) is 2.73. The van der Waals surface area contributed by atoms with Gasteiger partial charge in [0.05, 0.1) is 30.9 Å². The number of fused-ring (bicyclic) bond motifs is 1. The van der Waals surface area contributed by atoms with Crippen LogP contribution in [0, 0.1) is 6.92 Å². The van der Waals surface area contributed by atoms with Crippen molar-refractivity contribution in [2.45, 2.75) is 38.8 Å². The molecule has 0 amide bonds. The maximum atomic E-state index is 5.99. The van der Waals surface area contributed by atoms with Crippen LogP contribution in [-0.4, -0.2) is 52.6 Å². The van der Waals surface area contributed by atoms with Gasteiger partial charge in [0.15, 0.2) is 5.84 Å². The smallest absolute Gasteiger partial charge is 0.171 e. The number of nitrogens with zero attached hydrogens (tertiary/aromatic N) is 4.